The lowest BCUT2D eigenvalue weighted by Crippen LogP contribution is -2.52. The maximum atomic E-state index is 11.8. The Bertz CT molecular complexity index is 304. The minimum Gasteiger partial charge on any atom is -0.381 e. The van der Waals surface area contributed by atoms with E-state index in [1.807, 2.05) is 27.7 Å². The first-order chi connectivity index (χ1) is 7.74. The van der Waals surface area contributed by atoms with Gasteiger partial charge in [0.05, 0.1) is 12.4 Å². The molecule has 0 radical (unpaired) electrons. The summed E-state index contributed by atoms with van der Waals surface area (Å²) in [7, 11) is -3.32. The summed E-state index contributed by atoms with van der Waals surface area (Å²) in [4.78, 5) is 0. The van der Waals surface area contributed by atoms with Crippen molar-refractivity contribution in [2.75, 3.05) is 25.5 Å². The van der Waals surface area contributed by atoms with Crippen LogP contribution in [0.3, 0.4) is 0 Å². The summed E-state index contributed by atoms with van der Waals surface area (Å²) in [5.74, 6) is 0.368. The minimum absolute atomic E-state index is 0.0193. The molecule has 0 spiro atoms. The molecule has 5 nitrogen and oxygen atoms in total. The molecule has 6 heteroatoms. The van der Waals surface area contributed by atoms with Crippen LogP contribution < -0.4 is 10.5 Å². The van der Waals surface area contributed by atoms with Gasteiger partial charge in [-0.25, -0.2) is 13.1 Å². The number of nitrogens with two attached hydrogens (primary N) is 1. The van der Waals surface area contributed by atoms with E-state index in [0.29, 0.717) is 19.1 Å². The third-order valence-electron chi connectivity index (χ3n) is 2.41. The standard InChI is InChI=1S/C11H26N2O3S/c1-5-16-6-7-17(14,15)13-11(4,9-12)8-10(2)3/h10,13H,5-9,12H2,1-4H3. The van der Waals surface area contributed by atoms with E-state index in [0.717, 1.165) is 6.42 Å². The van der Waals surface area contributed by atoms with Crippen LogP contribution in [0.15, 0.2) is 0 Å². The van der Waals surface area contributed by atoms with Gasteiger partial charge in [-0.2, -0.15) is 0 Å². The Morgan fingerprint density at radius 1 is 1.41 bits per heavy atom. The lowest BCUT2D eigenvalue weighted by Gasteiger charge is -2.30. The van der Waals surface area contributed by atoms with Crippen molar-refractivity contribution >= 4 is 10.0 Å². The Morgan fingerprint density at radius 3 is 2.41 bits per heavy atom. The van der Waals surface area contributed by atoms with E-state index in [2.05, 4.69) is 4.72 Å². The molecule has 0 fully saturated rings. The fourth-order valence-electron chi connectivity index (χ4n) is 1.81. The zero-order chi connectivity index (χ0) is 13.5. The number of nitrogens with one attached hydrogen (secondary N) is 1. The smallest absolute Gasteiger partial charge is 0.214 e. The fraction of sp³-hybridized carbons (Fsp3) is 1.00. The molecule has 0 aromatic rings. The van der Waals surface area contributed by atoms with Crippen LogP contribution in [-0.4, -0.2) is 39.5 Å². The van der Waals surface area contributed by atoms with Gasteiger partial charge in [-0.3, -0.25) is 0 Å². The molecule has 0 aromatic heterocycles. The predicted octanol–water partition coefficient (Wildman–Crippen LogP) is 0.706. The van der Waals surface area contributed by atoms with E-state index in [4.69, 9.17) is 10.5 Å². The molecule has 0 amide bonds. The molecular formula is C11H26N2O3S. The largest absolute Gasteiger partial charge is 0.381 e. The van der Waals surface area contributed by atoms with Crippen LogP contribution in [0.2, 0.25) is 0 Å². The summed E-state index contributed by atoms with van der Waals surface area (Å²) in [5.41, 5.74) is 5.09. The van der Waals surface area contributed by atoms with Crippen LogP contribution in [0.4, 0.5) is 0 Å². The maximum Gasteiger partial charge on any atom is 0.214 e. The number of hydrogen-bond donors (Lipinski definition) is 2. The second kappa shape index (κ2) is 7.31. The summed E-state index contributed by atoms with van der Waals surface area (Å²) in [6.45, 7) is 8.79. The molecule has 0 bridgehead atoms. The van der Waals surface area contributed by atoms with Crippen LogP contribution in [-0.2, 0) is 14.8 Å². The Balaban J connectivity index is 4.44. The van der Waals surface area contributed by atoms with Crippen molar-refractivity contribution in [1.82, 2.24) is 4.72 Å². The number of rotatable bonds is 9. The van der Waals surface area contributed by atoms with Crippen molar-refractivity contribution in [3.8, 4) is 0 Å². The lowest BCUT2D eigenvalue weighted by molar-refractivity contribution is 0.163. The molecule has 0 aliphatic carbocycles. The topological polar surface area (TPSA) is 81.4 Å². The maximum absolute atomic E-state index is 11.8. The summed E-state index contributed by atoms with van der Waals surface area (Å²) in [6, 6.07) is 0. The second-order valence-electron chi connectivity index (χ2n) is 4.98. The van der Waals surface area contributed by atoms with Gasteiger partial charge in [0.15, 0.2) is 0 Å². The van der Waals surface area contributed by atoms with E-state index >= 15 is 0 Å². The second-order valence-corrected chi connectivity index (χ2v) is 6.82. The Hall–Kier alpha value is -0.170. The van der Waals surface area contributed by atoms with E-state index in [1.165, 1.54) is 0 Å². The van der Waals surface area contributed by atoms with Crippen molar-refractivity contribution in [2.45, 2.75) is 39.7 Å². The first kappa shape index (κ1) is 16.8. The van der Waals surface area contributed by atoms with Gasteiger partial charge in [0.2, 0.25) is 10.0 Å². The third-order valence-corrected chi connectivity index (χ3v) is 3.92. The number of sulfonamides is 1. The highest BCUT2D eigenvalue weighted by Crippen LogP contribution is 2.16. The monoisotopic (exact) mass is 266 g/mol. The third kappa shape index (κ3) is 7.70. The number of hydrogen-bond acceptors (Lipinski definition) is 4. The van der Waals surface area contributed by atoms with Gasteiger partial charge in [0.25, 0.3) is 0 Å². The molecule has 0 aliphatic rings. The summed E-state index contributed by atoms with van der Waals surface area (Å²) in [5, 5.41) is 0. The normalized spacial score (nSPS) is 16.1. The van der Waals surface area contributed by atoms with Crippen molar-refractivity contribution in [2.24, 2.45) is 11.7 Å². The van der Waals surface area contributed by atoms with Crippen molar-refractivity contribution in [1.29, 1.82) is 0 Å². The van der Waals surface area contributed by atoms with Crippen molar-refractivity contribution in [3.05, 3.63) is 0 Å². The average Bonchev–Trinajstić information content (AvgIpc) is 2.15. The van der Waals surface area contributed by atoms with Gasteiger partial charge in [0, 0.05) is 18.7 Å². The van der Waals surface area contributed by atoms with Crippen LogP contribution >= 0.6 is 0 Å². The SMILES string of the molecule is CCOCCS(=O)(=O)NC(C)(CN)CC(C)C. The zero-order valence-electron chi connectivity index (χ0n) is 11.3. The van der Waals surface area contributed by atoms with Gasteiger partial charge in [-0.15, -0.1) is 0 Å². The Kier molecular flexibility index (Phi) is 7.23. The molecule has 17 heavy (non-hydrogen) atoms. The van der Waals surface area contributed by atoms with E-state index in [9.17, 15) is 8.42 Å². The van der Waals surface area contributed by atoms with Gasteiger partial charge < -0.3 is 10.5 Å². The highest BCUT2D eigenvalue weighted by atomic mass is 32.2. The number of ether oxygens (including phenoxy) is 1. The first-order valence-electron chi connectivity index (χ1n) is 6.04. The molecule has 0 aromatic carbocycles. The van der Waals surface area contributed by atoms with Gasteiger partial charge >= 0.3 is 0 Å². The summed E-state index contributed by atoms with van der Waals surface area (Å²) in [6.07, 6.45) is 0.720. The van der Waals surface area contributed by atoms with Gasteiger partial charge in [0.1, 0.15) is 0 Å². The molecule has 0 saturated heterocycles. The first-order valence-corrected chi connectivity index (χ1v) is 7.69. The summed E-state index contributed by atoms with van der Waals surface area (Å²) >= 11 is 0. The van der Waals surface area contributed by atoms with Crippen LogP contribution in [0.25, 0.3) is 0 Å². The minimum atomic E-state index is -3.32. The zero-order valence-corrected chi connectivity index (χ0v) is 12.1. The molecule has 0 aliphatic heterocycles. The molecule has 0 saturated carbocycles. The Labute approximate surface area is 105 Å². The highest BCUT2D eigenvalue weighted by molar-refractivity contribution is 7.89. The average molecular weight is 266 g/mol. The molecule has 0 rings (SSSR count). The van der Waals surface area contributed by atoms with Crippen LogP contribution in [0.1, 0.15) is 34.1 Å². The van der Waals surface area contributed by atoms with Gasteiger partial charge in [-0.1, -0.05) is 13.8 Å². The van der Waals surface area contributed by atoms with Crippen molar-refractivity contribution in [3.63, 3.8) is 0 Å². The predicted molar refractivity (Wildman–Crippen MR) is 70.3 cm³/mol. The molecule has 104 valence electrons. The quantitative estimate of drug-likeness (QED) is 0.602. The molecule has 1 unspecified atom stereocenters. The summed E-state index contributed by atoms with van der Waals surface area (Å²) < 4.78 is 31.4. The molecule has 0 heterocycles. The molecular weight excluding hydrogens is 240 g/mol. The molecule has 1 atom stereocenters. The van der Waals surface area contributed by atoms with E-state index < -0.39 is 15.6 Å². The highest BCUT2D eigenvalue weighted by Gasteiger charge is 2.28. The fourth-order valence-corrected chi connectivity index (χ4v) is 3.16. The van der Waals surface area contributed by atoms with E-state index in [-0.39, 0.29) is 12.4 Å². The van der Waals surface area contributed by atoms with E-state index in [1.54, 1.807) is 0 Å². The van der Waals surface area contributed by atoms with Crippen molar-refractivity contribution < 1.29 is 13.2 Å². The lowest BCUT2D eigenvalue weighted by atomic mass is 9.92. The van der Waals surface area contributed by atoms with Gasteiger partial charge in [-0.05, 0) is 26.2 Å². The molecule has 3 N–H and O–H groups in total. The van der Waals surface area contributed by atoms with Crippen LogP contribution in [0, 0.1) is 5.92 Å². The van der Waals surface area contributed by atoms with Crippen LogP contribution in [0.5, 0.6) is 0 Å². The Morgan fingerprint density at radius 2 is 2.00 bits per heavy atom.